The van der Waals surface area contributed by atoms with Crippen molar-refractivity contribution >= 4 is 24.2 Å². The molecule has 0 saturated carbocycles. The third-order valence-electron chi connectivity index (χ3n) is 3.89. The number of Topliss-reactive ketones (excluding diaryl/α,β-unsaturated/α-hetero) is 1. The molecule has 0 radical (unpaired) electrons. The quantitative estimate of drug-likeness (QED) is 0.282. The summed E-state index contributed by atoms with van der Waals surface area (Å²) in [5.41, 5.74) is 0.493. The van der Waals surface area contributed by atoms with Crippen molar-refractivity contribution in [2.45, 2.75) is 52.4 Å². The van der Waals surface area contributed by atoms with E-state index in [0.717, 1.165) is 12.8 Å². The van der Waals surface area contributed by atoms with Crippen molar-refractivity contribution in [3.05, 3.63) is 40.4 Å². The highest BCUT2D eigenvalue weighted by Crippen LogP contribution is 2.19. The highest BCUT2D eigenvalue weighted by Gasteiger charge is 2.12. The van der Waals surface area contributed by atoms with E-state index in [4.69, 9.17) is 17.0 Å². The minimum atomic E-state index is -0.230. The van der Waals surface area contributed by atoms with Gasteiger partial charge in [0.05, 0.1) is 18.4 Å². The number of unbranched alkanes of at least 4 members (excludes halogenated alkanes) is 3. The number of ether oxygens (including phenoxy) is 1. The van der Waals surface area contributed by atoms with Gasteiger partial charge in [-0.05, 0) is 30.8 Å². The Balaban J connectivity index is 2.10. The molecule has 1 aromatic carbocycles. The van der Waals surface area contributed by atoms with E-state index in [1.165, 1.54) is 23.7 Å². The van der Waals surface area contributed by atoms with Crippen LogP contribution in [0.4, 0.5) is 0 Å². The molecule has 2 aromatic rings. The Bertz CT molecular complexity index is 808. The van der Waals surface area contributed by atoms with E-state index in [9.17, 15) is 4.79 Å². The highest BCUT2D eigenvalue weighted by molar-refractivity contribution is 7.71. The molecule has 0 aliphatic heterocycles. The van der Waals surface area contributed by atoms with Gasteiger partial charge in [0, 0.05) is 5.92 Å². The molecule has 0 spiro atoms. The summed E-state index contributed by atoms with van der Waals surface area (Å²) in [7, 11) is 0. The third-order valence-corrected chi connectivity index (χ3v) is 4.15. The summed E-state index contributed by atoms with van der Waals surface area (Å²) in [5.74, 6) is 1.17. The van der Waals surface area contributed by atoms with Gasteiger partial charge in [-0.25, -0.2) is 0 Å². The Kier molecular flexibility index (Phi) is 7.72. The molecule has 0 bridgehead atoms. The molecule has 0 aliphatic carbocycles. The molecule has 1 aromatic heterocycles. The first-order valence-electron chi connectivity index (χ1n) is 9.02. The molecule has 140 valence electrons. The van der Waals surface area contributed by atoms with Gasteiger partial charge in [-0.15, -0.1) is 0 Å². The first-order valence-corrected chi connectivity index (χ1v) is 9.43. The summed E-state index contributed by atoms with van der Waals surface area (Å²) in [6.45, 7) is 6.75. The average Bonchev–Trinajstić information content (AvgIpc) is 3.00. The van der Waals surface area contributed by atoms with Gasteiger partial charge in [0.25, 0.3) is 0 Å². The molecule has 0 atom stereocenters. The maximum Gasteiger partial charge on any atom is 0.216 e. The molecule has 2 rings (SSSR count). The lowest BCUT2D eigenvalue weighted by Crippen LogP contribution is -2.08. The van der Waals surface area contributed by atoms with Crippen LogP contribution in [0, 0.1) is 4.77 Å². The Morgan fingerprint density at radius 3 is 2.85 bits per heavy atom. The Hall–Kier alpha value is -2.28. The lowest BCUT2D eigenvalue weighted by atomic mass is 10.1. The number of H-pyrrole nitrogens is 1. The molecule has 0 amide bonds. The van der Waals surface area contributed by atoms with E-state index in [0.29, 0.717) is 28.5 Å². The topological polar surface area (TPSA) is 72.3 Å². The van der Waals surface area contributed by atoms with Crippen molar-refractivity contribution in [1.29, 1.82) is 0 Å². The van der Waals surface area contributed by atoms with Gasteiger partial charge < -0.3 is 4.74 Å². The highest BCUT2D eigenvalue weighted by atomic mass is 32.1. The number of carbonyl (C=O) groups is 1. The predicted octanol–water partition coefficient (Wildman–Crippen LogP) is 4.74. The first kappa shape index (κ1) is 20.0. The number of aromatic amines is 1. The smallest absolute Gasteiger partial charge is 0.216 e. The minimum Gasteiger partial charge on any atom is -0.493 e. The summed E-state index contributed by atoms with van der Waals surface area (Å²) in [4.78, 5) is 12.6. The van der Waals surface area contributed by atoms with E-state index in [1.54, 1.807) is 6.07 Å². The fourth-order valence-electron chi connectivity index (χ4n) is 2.48. The van der Waals surface area contributed by atoms with Gasteiger partial charge in [0.1, 0.15) is 5.75 Å². The number of rotatable bonds is 10. The van der Waals surface area contributed by atoms with Crippen LogP contribution in [0.15, 0.2) is 29.4 Å². The number of aromatic nitrogens is 3. The van der Waals surface area contributed by atoms with Gasteiger partial charge in [-0.3, -0.25) is 9.89 Å². The fraction of sp³-hybridized carbons (Fsp3) is 0.474. The Labute approximate surface area is 159 Å². The first-order chi connectivity index (χ1) is 12.5. The number of hydrogen-bond donors (Lipinski definition) is 1. The van der Waals surface area contributed by atoms with Crippen LogP contribution in [0.1, 0.15) is 68.6 Å². The van der Waals surface area contributed by atoms with Gasteiger partial charge in [0.2, 0.25) is 10.6 Å². The lowest BCUT2D eigenvalue weighted by molar-refractivity contribution is 0.106. The maximum atomic E-state index is 12.6. The number of benzene rings is 1. The second-order valence-electron chi connectivity index (χ2n) is 6.37. The molecule has 26 heavy (non-hydrogen) atoms. The molecule has 0 saturated heterocycles. The van der Waals surface area contributed by atoms with Crippen LogP contribution in [-0.4, -0.2) is 33.5 Å². The monoisotopic (exact) mass is 374 g/mol. The molecule has 0 unspecified atom stereocenters. The number of nitrogens with one attached hydrogen (secondary N) is 1. The summed E-state index contributed by atoms with van der Waals surface area (Å²) < 4.78 is 7.64. The van der Waals surface area contributed by atoms with Gasteiger partial charge >= 0.3 is 0 Å². The number of ketones is 1. The zero-order valence-electron chi connectivity index (χ0n) is 15.6. The number of hydrogen-bond acceptors (Lipinski definition) is 5. The third kappa shape index (κ3) is 5.36. The SMILES string of the molecule is CCCCCCOc1ccccc1C(=O)/C=N\n1c(C(C)C)n[nH]c1=S. The molecule has 1 N–H and O–H groups in total. The van der Waals surface area contributed by atoms with Crippen LogP contribution in [-0.2, 0) is 0 Å². The molecule has 0 aliphatic rings. The predicted molar refractivity (Wildman–Crippen MR) is 106 cm³/mol. The van der Waals surface area contributed by atoms with Crippen LogP contribution in [0.25, 0.3) is 0 Å². The number of carbonyl (C=O) groups excluding carboxylic acids is 1. The van der Waals surface area contributed by atoms with Crippen LogP contribution in [0.2, 0.25) is 0 Å². The van der Waals surface area contributed by atoms with Crippen LogP contribution in [0.3, 0.4) is 0 Å². The molecule has 0 fully saturated rings. The van der Waals surface area contributed by atoms with Gasteiger partial charge in [-0.1, -0.05) is 52.2 Å². The van der Waals surface area contributed by atoms with E-state index >= 15 is 0 Å². The van der Waals surface area contributed by atoms with Gasteiger partial charge in [0.15, 0.2) is 5.82 Å². The van der Waals surface area contributed by atoms with Crippen LogP contribution < -0.4 is 4.74 Å². The zero-order chi connectivity index (χ0) is 18.9. The van der Waals surface area contributed by atoms with E-state index in [2.05, 4.69) is 22.2 Å². The Morgan fingerprint density at radius 2 is 2.12 bits per heavy atom. The second-order valence-corrected chi connectivity index (χ2v) is 6.75. The van der Waals surface area contributed by atoms with Crippen molar-refractivity contribution in [2.24, 2.45) is 5.10 Å². The largest absolute Gasteiger partial charge is 0.493 e. The fourth-order valence-corrected chi connectivity index (χ4v) is 2.66. The normalized spacial score (nSPS) is 11.4. The molecule has 7 heteroatoms. The zero-order valence-corrected chi connectivity index (χ0v) is 16.4. The molecule has 1 heterocycles. The molecular formula is C19H26N4O2S. The summed E-state index contributed by atoms with van der Waals surface area (Å²) in [5, 5.41) is 11.1. The van der Waals surface area contributed by atoms with Crippen molar-refractivity contribution < 1.29 is 9.53 Å². The molecule has 6 nitrogen and oxygen atoms in total. The lowest BCUT2D eigenvalue weighted by Gasteiger charge is -2.09. The Morgan fingerprint density at radius 1 is 1.35 bits per heavy atom. The van der Waals surface area contributed by atoms with Crippen molar-refractivity contribution in [3.63, 3.8) is 0 Å². The molecular weight excluding hydrogens is 348 g/mol. The van der Waals surface area contributed by atoms with E-state index in [1.807, 2.05) is 32.0 Å². The number of nitrogens with zero attached hydrogens (tertiary/aromatic N) is 3. The van der Waals surface area contributed by atoms with Crippen LogP contribution in [0.5, 0.6) is 5.75 Å². The summed E-state index contributed by atoms with van der Waals surface area (Å²) in [6.07, 6.45) is 5.74. The minimum absolute atomic E-state index is 0.133. The second kappa shape index (κ2) is 10.0. The summed E-state index contributed by atoms with van der Waals surface area (Å²) >= 11 is 5.17. The maximum absolute atomic E-state index is 12.6. The van der Waals surface area contributed by atoms with Crippen molar-refractivity contribution in [1.82, 2.24) is 14.9 Å². The summed E-state index contributed by atoms with van der Waals surface area (Å²) in [6, 6.07) is 7.23. The van der Waals surface area contributed by atoms with Crippen molar-refractivity contribution in [3.8, 4) is 5.75 Å². The van der Waals surface area contributed by atoms with Gasteiger partial charge in [-0.2, -0.15) is 14.9 Å². The van der Waals surface area contributed by atoms with Crippen LogP contribution >= 0.6 is 12.2 Å². The average molecular weight is 375 g/mol. The number of para-hydroxylation sites is 1. The van der Waals surface area contributed by atoms with Crippen molar-refractivity contribution in [2.75, 3.05) is 6.61 Å². The van der Waals surface area contributed by atoms with E-state index in [-0.39, 0.29) is 11.7 Å². The standard InChI is InChI=1S/C19H26N4O2S/c1-4-5-6-9-12-25-17-11-8-7-10-15(17)16(24)13-20-23-18(14(2)3)21-22-19(23)26/h7-8,10-11,13-14H,4-6,9,12H2,1-3H3,(H,22,26)/b20-13-. The van der Waals surface area contributed by atoms with E-state index < -0.39 is 0 Å².